The van der Waals surface area contributed by atoms with E-state index in [4.69, 9.17) is 4.74 Å². The normalized spacial score (nSPS) is 18.4. The van der Waals surface area contributed by atoms with Crippen molar-refractivity contribution in [3.8, 4) is 0 Å². The molecule has 0 spiro atoms. The lowest BCUT2D eigenvalue weighted by Crippen LogP contribution is -2.52. The molecule has 104 valence electrons. The Morgan fingerprint density at radius 3 is 2.39 bits per heavy atom. The number of hydrogen-bond acceptors (Lipinski definition) is 4. The summed E-state index contributed by atoms with van der Waals surface area (Å²) in [5.74, 6) is 0.0978. The Kier molecular flexibility index (Phi) is 6.07. The van der Waals surface area contributed by atoms with Gasteiger partial charge in [0.1, 0.15) is 0 Å². The molecule has 0 aromatic heterocycles. The van der Waals surface area contributed by atoms with Crippen molar-refractivity contribution < 1.29 is 14.3 Å². The van der Waals surface area contributed by atoms with E-state index in [0.717, 1.165) is 13.1 Å². The second-order valence-corrected chi connectivity index (χ2v) is 4.92. The molecule has 0 aromatic rings. The summed E-state index contributed by atoms with van der Waals surface area (Å²) in [6.45, 7) is 9.08. The number of amides is 3. The highest BCUT2D eigenvalue weighted by molar-refractivity contribution is 5.96. The molecule has 1 heterocycles. The van der Waals surface area contributed by atoms with Gasteiger partial charge >= 0.3 is 6.03 Å². The van der Waals surface area contributed by atoms with Gasteiger partial charge in [-0.3, -0.25) is 15.0 Å². The summed E-state index contributed by atoms with van der Waals surface area (Å²) in [5.41, 5.74) is 0. The Morgan fingerprint density at radius 1 is 1.22 bits per heavy atom. The van der Waals surface area contributed by atoms with Crippen molar-refractivity contribution in [2.75, 3.05) is 32.8 Å². The zero-order valence-corrected chi connectivity index (χ0v) is 11.4. The van der Waals surface area contributed by atoms with Gasteiger partial charge in [0.25, 0.3) is 0 Å². The first-order valence-corrected chi connectivity index (χ1v) is 6.41. The fourth-order valence-corrected chi connectivity index (χ4v) is 1.69. The molecule has 1 saturated heterocycles. The molecule has 1 fully saturated rings. The molecule has 6 nitrogen and oxygen atoms in total. The molecule has 1 rings (SSSR count). The van der Waals surface area contributed by atoms with Crippen LogP contribution in [-0.2, 0) is 9.53 Å². The van der Waals surface area contributed by atoms with Crippen LogP contribution in [0.15, 0.2) is 0 Å². The molecule has 0 aliphatic carbocycles. The number of urea groups is 1. The Balaban J connectivity index is 2.32. The predicted octanol–water partition coefficient (Wildman–Crippen LogP) is 0.189. The van der Waals surface area contributed by atoms with Gasteiger partial charge in [0.05, 0.1) is 19.3 Å². The van der Waals surface area contributed by atoms with Crippen LogP contribution < -0.4 is 10.6 Å². The highest BCUT2D eigenvalue weighted by Gasteiger charge is 2.24. The van der Waals surface area contributed by atoms with E-state index in [1.807, 2.05) is 18.7 Å². The lowest BCUT2D eigenvalue weighted by Gasteiger charge is -2.31. The average molecular weight is 257 g/mol. The summed E-state index contributed by atoms with van der Waals surface area (Å²) in [6.07, 6.45) is 0. The van der Waals surface area contributed by atoms with E-state index in [1.165, 1.54) is 0 Å². The molecule has 0 saturated carbocycles. The first-order chi connectivity index (χ1) is 8.50. The SMILES string of the molecule is CC(C)CNC(=O)NC(=O)C(C)N1CCOCC1. The summed E-state index contributed by atoms with van der Waals surface area (Å²) in [6, 6.07) is -0.729. The van der Waals surface area contributed by atoms with Crippen LogP contribution in [0, 0.1) is 5.92 Å². The van der Waals surface area contributed by atoms with Crippen LogP contribution in [0.2, 0.25) is 0 Å². The minimum absolute atomic E-state index is 0.266. The standard InChI is InChI=1S/C12H23N3O3/c1-9(2)8-13-12(17)14-11(16)10(3)15-4-6-18-7-5-15/h9-10H,4-8H2,1-3H3,(H2,13,14,16,17). The molecule has 0 radical (unpaired) electrons. The Morgan fingerprint density at radius 2 is 1.83 bits per heavy atom. The summed E-state index contributed by atoms with van der Waals surface area (Å²) in [5, 5.41) is 5.02. The van der Waals surface area contributed by atoms with Gasteiger partial charge in [-0.05, 0) is 12.8 Å². The average Bonchev–Trinajstić information content (AvgIpc) is 2.36. The molecule has 1 aliphatic rings. The van der Waals surface area contributed by atoms with Crippen molar-refractivity contribution in [1.82, 2.24) is 15.5 Å². The van der Waals surface area contributed by atoms with Crippen molar-refractivity contribution in [2.45, 2.75) is 26.8 Å². The number of ether oxygens (including phenoxy) is 1. The summed E-state index contributed by atoms with van der Waals surface area (Å²) >= 11 is 0. The predicted molar refractivity (Wildman–Crippen MR) is 68.2 cm³/mol. The number of morpholine rings is 1. The summed E-state index contributed by atoms with van der Waals surface area (Å²) in [7, 11) is 0. The minimum Gasteiger partial charge on any atom is -0.379 e. The molecule has 3 amide bonds. The highest BCUT2D eigenvalue weighted by Crippen LogP contribution is 2.03. The van der Waals surface area contributed by atoms with Gasteiger partial charge in [-0.15, -0.1) is 0 Å². The van der Waals surface area contributed by atoms with Gasteiger partial charge in [0, 0.05) is 19.6 Å². The van der Waals surface area contributed by atoms with Gasteiger partial charge < -0.3 is 10.1 Å². The van der Waals surface area contributed by atoms with Gasteiger partial charge in [-0.1, -0.05) is 13.8 Å². The van der Waals surface area contributed by atoms with Crippen LogP contribution in [0.1, 0.15) is 20.8 Å². The van der Waals surface area contributed by atoms with Crippen LogP contribution in [0.4, 0.5) is 4.79 Å². The second-order valence-electron chi connectivity index (χ2n) is 4.92. The van der Waals surface area contributed by atoms with E-state index in [1.54, 1.807) is 6.92 Å². The molecular weight excluding hydrogens is 234 g/mol. The van der Waals surface area contributed by atoms with Crippen LogP contribution in [0.5, 0.6) is 0 Å². The lowest BCUT2D eigenvalue weighted by atomic mass is 10.2. The number of nitrogens with one attached hydrogen (secondary N) is 2. The zero-order chi connectivity index (χ0) is 13.5. The van der Waals surface area contributed by atoms with Crippen molar-refractivity contribution in [1.29, 1.82) is 0 Å². The van der Waals surface area contributed by atoms with Crippen LogP contribution >= 0.6 is 0 Å². The maximum Gasteiger partial charge on any atom is 0.321 e. The van der Waals surface area contributed by atoms with E-state index in [-0.39, 0.29) is 11.9 Å². The highest BCUT2D eigenvalue weighted by atomic mass is 16.5. The minimum atomic E-state index is -0.422. The van der Waals surface area contributed by atoms with E-state index < -0.39 is 6.03 Å². The van der Waals surface area contributed by atoms with Gasteiger partial charge in [0.2, 0.25) is 5.91 Å². The number of rotatable bonds is 4. The van der Waals surface area contributed by atoms with Crippen molar-refractivity contribution in [3.05, 3.63) is 0 Å². The van der Waals surface area contributed by atoms with E-state index in [9.17, 15) is 9.59 Å². The smallest absolute Gasteiger partial charge is 0.321 e. The Hall–Kier alpha value is -1.14. The quantitative estimate of drug-likeness (QED) is 0.754. The molecule has 0 bridgehead atoms. The molecule has 18 heavy (non-hydrogen) atoms. The molecule has 2 N–H and O–H groups in total. The van der Waals surface area contributed by atoms with Gasteiger partial charge in [0.15, 0.2) is 0 Å². The topological polar surface area (TPSA) is 70.7 Å². The number of imide groups is 1. The second kappa shape index (κ2) is 7.33. The molecule has 1 unspecified atom stereocenters. The maximum absolute atomic E-state index is 11.8. The van der Waals surface area contributed by atoms with Crippen molar-refractivity contribution in [2.24, 2.45) is 5.92 Å². The zero-order valence-electron chi connectivity index (χ0n) is 11.4. The molecule has 0 aromatic carbocycles. The van der Waals surface area contributed by atoms with Crippen molar-refractivity contribution >= 4 is 11.9 Å². The monoisotopic (exact) mass is 257 g/mol. The van der Waals surface area contributed by atoms with E-state index >= 15 is 0 Å². The maximum atomic E-state index is 11.8. The van der Waals surface area contributed by atoms with Crippen LogP contribution in [0.25, 0.3) is 0 Å². The third kappa shape index (κ3) is 5.01. The number of carbonyl (C=O) groups is 2. The molecule has 1 atom stereocenters. The molecular formula is C12H23N3O3. The van der Waals surface area contributed by atoms with E-state index in [0.29, 0.717) is 25.7 Å². The van der Waals surface area contributed by atoms with Crippen LogP contribution in [-0.4, -0.2) is 55.7 Å². The third-order valence-electron chi connectivity index (χ3n) is 2.88. The molecule has 6 heteroatoms. The van der Waals surface area contributed by atoms with Crippen molar-refractivity contribution in [3.63, 3.8) is 0 Å². The van der Waals surface area contributed by atoms with E-state index in [2.05, 4.69) is 10.6 Å². The first kappa shape index (κ1) is 14.9. The summed E-state index contributed by atoms with van der Waals surface area (Å²) in [4.78, 5) is 25.3. The Labute approximate surface area is 108 Å². The molecule has 1 aliphatic heterocycles. The number of hydrogen-bond donors (Lipinski definition) is 2. The largest absolute Gasteiger partial charge is 0.379 e. The lowest BCUT2D eigenvalue weighted by molar-refractivity contribution is -0.126. The third-order valence-corrected chi connectivity index (χ3v) is 2.88. The Bertz CT molecular complexity index is 288. The number of nitrogens with zero attached hydrogens (tertiary/aromatic N) is 1. The summed E-state index contributed by atoms with van der Waals surface area (Å²) < 4.78 is 5.22. The van der Waals surface area contributed by atoms with Gasteiger partial charge in [-0.2, -0.15) is 0 Å². The number of carbonyl (C=O) groups excluding carboxylic acids is 2. The van der Waals surface area contributed by atoms with Crippen LogP contribution in [0.3, 0.4) is 0 Å². The fourth-order valence-electron chi connectivity index (χ4n) is 1.69. The first-order valence-electron chi connectivity index (χ1n) is 6.41. The fraction of sp³-hybridized carbons (Fsp3) is 0.833. The van der Waals surface area contributed by atoms with Gasteiger partial charge in [-0.25, -0.2) is 4.79 Å².